The summed E-state index contributed by atoms with van der Waals surface area (Å²) >= 11 is 0. The summed E-state index contributed by atoms with van der Waals surface area (Å²) < 4.78 is 57.1. The Kier molecular flexibility index (Phi) is 4.42. The highest BCUT2D eigenvalue weighted by molar-refractivity contribution is 5.92. The van der Waals surface area contributed by atoms with Crippen molar-refractivity contribution in [1.29, 1.82) is 0 Å². The van der Waals surface area contributed by atoms with Crippen LogP contribution in [0.5, 0.6) is 5.75 Å². The van der Waals surface area contributed by atoms with Crippen LogP contribution in [0.3, 0.4) is 0 Å². The molecule has 0 atom stereocenters. The van der Waals surface area contributed by atoms with Crippen LogP contribution < -0.4 is 10.1 Å². The molecule has 2 rings (SSSR count). The van der Waals surface area contributed by atoms with Crippen molar-refractivity contribution in [2.75, 3.05) is 11.9 Å². The van der Waals surface area contributed by atoms with Crippen molar-refractivity contribution in [3.05, 3.63) is 59.7 Å². The fourth-order valence-corrected chi connectivity index (χ4v) is 1.51. The van der Waals surface area contributed by atoms with Gasteiger partial charge >= 0.3 is 0 Å². The third-order valence-corrected chi connectivity index (χ3v) is 2.50. The predicted octanol–water partition coefficient (Wildman–Crippen LogP) is 3.26. The Balaban J connectivity index is 2.00. The van der Waals surface area contributed by atoms with Gasteiger partial charge in [-0.1, -0.05) is 12.1 Å². The number of halogens is 4. The first-order valence-electron chi connectivity index (χ1n) is 5.79. The fourth-order valence-electron chi connectivity index (χ4n) is 1.51. The number of hydrogen-bond donors (Lipinski definition) is 1. The number of nitrogens with one attached hydrogen (secondary N) is 1. The SMILES string of the molecule is O=C(COc1ccccc1F)Nc1ccc(F)c(F)c1F. The van der Waals surface area contributed by atoms with Crippen LogP contribution in [0.1, 0.15) is 0 Å². The fraction of sp³-hybridized carbons (Fsp3) is 0.0714. The van der Waals surface area contributed by atoms with E-state index in [2.05, 4.69) is 0 Å². The van der Waals surface area contributed by atoms with Crippen LogP contribution in [0.2, 0.25) is 0 Å². The first-order valence-corrected chi connectivity index (χ1v) is 5.79. The second kappa shape index (κ2) is 6.25. The summed E-state index contributed by atoms with van der Waals surface area (Å²) in [5.41, 5.74) is -0.531. The second-order valence-electron chi connectivity index (χ2n) is 3.99. The Morgan fingerprint density at radius 1 is 0.952 bits per heavy atom. The van der Waals surface area contributed by atoms with Crippen molar-refractivity contribution in [3.63, 3.8) is 0 Å². The van der Waals surface area contributed by atoms with E-state index >= 15 is 0 Å². The summed E-state index contributed by atoms with van der Waals surface area (Å²) in [6, 6.07) is 6.94. The molecule has 0 saturated carbocycles. The topological polar surface area (TPSA) is 38.3 Å². The number of amides is 1. The number of benzene rings is 2. The number of para-hydroxylation sites is 1. The number of hydrogen-bond acceptors (Lipinski definition) is 2. The minimum absolute atomic E-state index is 0.154. The first kappa shape index (κ1) is 14.8. The molecule has 1 amide bonds. The van der Waals surface area contributed by atoms with Gasteiger partial charge in [0.15, 0.2) is 35.6 Å². The Labute approximate surface area is 117 Å². The zero-order valence-electron chi connectivity index (χ0n) is 10.5. The van der Waals surface area contributed by atoms with Gasteiger partial charge in [-0.25, -0.2) is 17.6 Å². The van der Waals surface area contributed by atoms with Crippen molar-refractivity contribution >= 4 is 11.6 Å². The lowest BCUT2D eigenvalue weighted by Crippen LogP contribution is -2.21. The molecule has 2 aromatic rings. The van der Waals surface area contributed by atoms with Gasteiger partial charge in [-0.3, -0.25) is 4.79 Å². The average molecular weight is 299 g/mol. The normalized spacial score (nSPS) is 10.3. The van der Waals surface area contributed by atoms with Crippen LogP contribution in [-0.2, 0) is 4.79 Å². The standard InChI is InChI=1S/C14H9F4NO2/c15-8-3-1-2-4-11(8)21-7-12(20)19-10-6-5-9(16)13(17)14(10)18/h1-6H,7H2,(H,19,20). The van der Waals surface area contributed by atoms with E-state index < -0.39 is 41.5 Å². The molecular weight excluding hydrogens is 290 g/mol. The van der Waals surface area contributed by atoms with E-state index in [0.717, 1.165) is 12.1 Å². The van der Waals surface area contributed by atoms with E-state index in [4.69, 9.17) is 4.74 Å². The number of ether oxygens (including phenoxy) is 1. The molecule has 7 heteroatoms. The number of carbonyl (C=O) groups excluding carboxylic acids is 1. The van der Waals surface area contributed by atoms with Crippen LogP contribution in [-0.4, -0.2) is 12.5 Å². The quantitative estimate of drug-likeness (QED) is 0.695. The zero-order chi connectivity index (χ0) is 15.4. The molecule has 0 aliphatic carbocycles. The summed E-state index contributed by atoms with van der Waals surface area (Å²) in [6.45, 7) is -0.612. The van der Waals surface area contributed by atoms with Crippen molar-refractivity contribution in [2.45, 2.75) is 0 Å². The van der Waals surface area contributed by atoms with E-state index in [-0.39, 0.29) is 5.75 Å². The van der Waals surface area contributed by atoms with Crippen LogP contribution in [0.15, 0.2) is 36.4 Å². The number of carbonyl (C=O) groups is 1. The molecule has 2 aromatic carbocycles. The van der Waals surface area contributed by atoms with Crippen molar-refractivity contribution in [2.24, 2.45) is 0 Å². The highest BCUT2D eigenvalue weighted by Crippen LogP contribution is 2.20. The summed E-state index contributed by atoms with van der Waals surface area (Å²) in [4.78, 5) is 11.5. The van der Waals surface area contributed by atoms with Gasteiger partial charge in [0.05, 0.1) is 5.69 Å². The Morgan fingerprint density at radius 2 is 1.67 bits per heavy atom. The molecule has 3 nitrogen and oxygen atoms in total. The Morgan fingerprint density at radius 3 is 2.38 bits per heavy atom. The predicted molar refractivity (Wildman–Crippen MR) is 66.8 cm³/mol. The molecule has 21 heavy (non-hydrogen) atoms. The maximum atomic E-state index is 13.3. The number of rotatable bonds is 4. The summed E-state index contributed by atoms with van der Waals surface area (Å²) in [5, 5.41) is 2.00. The first-order chi connectivity index (χ1) is 9.99. The van der Waals surface area contributed by atoms with Gasteiger partial charge < -0.3 is 10.1 Å². The highest BCUT2D eigenvalue weighted by Gasteiger charge is 2.15. The van der Waals surface area contributed by atoms with Gasteiger partial charge in [0.2, 0.25) is 0 Å². The van der Waals surface area contributed by atoms with Crippen molar-refractivity contribution in [3.8, 4) is 5.75 Å². The Hall–Kier alpha value is -2.57. The largest absolute Gasteiger partial charge is 0.481 e. The van der Waals surface area contributed by atoms with Gasteiger partial charge in [0.1, 0.15) is 0 Å². The molecule has 0 radical (unpaired) electrons. The highest BCUT2D eigenvalue weighted by atomic mass is 19.2. The maximum Gasteiger partial charge on any atom is 0.262 e. The van der Waals surface area contributed by atoms with Crippen LogP contribution >= 0.6 is 0 Å². The van der Waals surface area contributed by atoms with E-state index in [1.165, 1.54) is 18.2 Å². The molecule has 0 aliphatic heterocycles. The minimum atomic E-state index is -1.69. The van der Waals surface area contributed by atoms with Crippen LogP contribution in [0, 0.1) is 23.3 Å². The zero-order valence-corrected chi connectivity index (χ0v) is 10.5. The van der Waals surface area contributed by atoms with Crippen molar-refractivity contribution < 1.29 is 27.1 Å². The lowest BCUT2D eigenvalue weighted by atomic mass is 10.3. The van der Waals surface area contributed by atoms with Gasteiger partial charge in [0.25, 0.3) is 5.91 Å². The third-order valence-electron chi connectivity index (χ3n) is 2.50. The van der Waals surface area contributed by atoms with E-state index in [9.17, 15) is 22.4 Å². The lowest BCUT2D eigenvalue weighted by Gasteiger charge is -2.09. The van der Waals surface area contributed by atoms with Crippen LogP contribution in [0.4, 0.5) is 23.2 Å². The van der Waals surface area contributed by atoms with E-state index in [1.807, 2.05) is 5.32 Å². The summed E-state index contributed by atoms with van der Waals surface area (Å²) in [5.74, 6) is -6.24. The second-order valence-corrected chi connectivity index (χ2v) is 3.99. The molecule has 0 heterocycles. The monoisotopic (exact) mass is 299 g/mol. The van der Waals surface area contributed by atoms with E-state index in [1.54, 1.807) is 0 Å². The smallest absolute Gasteiger partial charge is 0.262 e. The average Bonchev–Trinajstić information content (AvgIpc) is 2.47. The van der Waals surface area contributed by atoms with Gasteiger partial charge in [-0.2, -0.15) is 0 Å². The van der Waals surface area contributed by atoms with Crippen molar-refractivity contribution in [1.82, 2.24) is 0 Å². The molecule has 0 spiro atoms. The Bertz CT molecular complexity index is 676. The van der Waals surface area contributed by atoms with Gasteiger partial charge in [-0.05, 0) is 24.3 Å². The molecule has 0 saturated heterocycles. The molecule has 0 bridgehead atoms. The maximum absolute atomic E-state index is 13.3. The molecule has 110 valence electrons. The van der Waals surface area contributed by atoms with Gasteiger partial charge in [0, 0.05) is 0 Å². The summed E-state index contributed by atoms with van der Waals surface area (Å²) in [6.07, 6.45) is 0. The molecule has 1 N–H and O–H groups in total. The molecule has 0 unspecified atom stereocenters. The lowest BCUT2D eigenvalue weighted by molar-refractivity contribution is -0.118. The van der Waals surface area contributed by atoms with Crippen LogP contribution in [0.25, 0.3) is 0 Å². The van der Waals surface area contributed by atoms with E-state index in [0.29, 0.717) is 6.07 Å². The molecular formula is C14H9F4NO2. The summed E-state index contributed by atoms with van der Waals surface area (Å²) in [7, 11) is 0. The molecule has 0 fully saturated rings. The third kappa shape index (κ3) is 3.50. The molecule has 0 aromatic heterocycles. The van der Waals surface area contributed by atoms with Gasteiger partial charge in [-0.15, -0.1) is 0 Å². The minimum Gasteiger partial charge on any atom is -0.481 e. The molecule has 0 aliphatic rings. The number of anilines is 1.